The molecule has 1 aromatic rings. The second kappa shape index (κ2) is 3.82. The Morgan fingerprint density at radius 2 is 2.40 bits per heavy atom. The first kappa shape index (κ1) is 9.85. The van der Waals surface area contributed by atoms with Crippen LogP contribution in [-0.4, -0.2) is 44.7 Å². The van der Waals surface area contributed by atoms with Gasteiger partial charge in [0.25, 0.3) is 0 Å². The molecule has 1 aliphatic heterocycles. The number of nitrogens with zero attached hydrogens (tertiary/aromatic N) is 4. The van der Waals surface area contributed by atoms with E-state index < -0.39 is 0 Å². The molecule has 6 heteroatoms. The van der Waals surface area contributed by atoms with Gasteiger partial charge in [-0.3, -0.25) is 9.48 Å². The summed E-state index contributed by atoms with van der Waals surface area (Å²) < 4.78 is 1.66. The largest absolute Gasteiger partial charge is 0.394 e. The molecule has 6 nitrogen and oxygen atoms in total. The van der Waals surface area contributed by atoms with Crippen LogP contribution in [0.25, 0.3) is 0 Å². The highest BCUT2D eigenvalue weighted by atomic mass is 16.3. The van der Waals surface area contributed by atoms with Crippen LogP contribution in [0.3, 0.4) is 0 Å². The molecule has 0 spiro atoms. The Hall–Kier alpha value is -1.69. The van der Waals surface area contributed by atoms with Crippen LogP contribution < -0.4 is 0 Å². The highest BCUT2D eigenvalue weighted by Gasteiger charge is 2.24. The van der Waals surface area contributed by atoms with E-state index in [9.17, 15) is 4.79 Å². The standard InChI is InChI=1S/C9H12N4O2/c1-12-6-7(5-10-12)8-4-9(15)13(11-8)2-3-14/h5-6,14H,2-4H2,1H3. The van der Waals surface area contributed by atoms with Crippen molar-refractivity contribution < 1.29 is 9.90 Å². The molecule has 0 aliphatic carbocycles. The topological polar surface area (TPSA) is 70.7 Å². The number of aliphatic hydroxyl groups excluding tert-OH is 1. The van der Waals surface area contributed by atoms with Crippen LogP contribution >= 0.6 is 0 Å². The van der Waals surface area contributed by atoms with Gasteiger partial charge in [0, 0.05) is 18.8 Å². The lowest BCUT2D eigenvalue weighted by atomic mass is 10.2. The first-order chi connectivity index (χ1) is 7.20. The predicted molar refractivity (Wildman–Crippen MR) is 53.2 cm³/mol. The fourth-order valence-corrected chi connectivity index (χ4v) is 1.47. The van der Waals surface area contributed by atoms with Gasteiger partial charge in [0.05, 0.1) is 31.5 Å². The van der Waals surface area contributed by atoms with E-state index in [-0.39, 0.29) is 25.5 Å². The maximum absolute atomic E-state index is 11.4. The number of aryl methyl sites for hydroxylation is 1. The van der Waals surface area contributed by atoms with Gasteiger partial charge in [0.15, 0.2) is 0 Å². The van der Waals surface area contributed by atoms with E-state index in [2.05, 4.69) is 10.2 Å². The zero-order chi connectivity index (χ0) is 10.8. The highest BCUT2D eigenvalue weighted by Crippen LogP contribution is 2.13. The van der Waals surface area contributed by atoms with Crippen LogP contribution in [-0.2, 0) is 11.8 Å². The molecule has 0 saturated heterocycles. The van der Waals surface area contributed by atoms with Crippen molar-refractivity contribution in [3.05, 3.63) is 18.0 Å². The molecule has 0 radical (unpaired) electrons. The summed E-state index contributed by atoms with van der Waals surface area (Å²) >= 11 is 0. The van der Waals surface area contributed by atoms with Gasteiger partial charge in [-0.15, -0.1) is 0 Å². The summed E-state index contributed by atoms with van der Waals surface area (Å²) in [6.07, 6.45) is 3.77. The predicted octanol–water partition coefficient (Wildman–Crippen LogP) is -0.651. The normalized spacial score (nSPS) is 16.0. The minimum Gasteiger partial charge on any atom is -0.394 e. The number of amides is 1. The maximum atomic E-state index is 11.4. The summed E-state index contributed by atoms with van der Waals surface area (Å²) in [6, 6.07) is 0. The van der Waals surface area contributed by atoms with Crippen molar-refractivity contribution in [2.24, 2.45) is 12.1 Å². The zero-order valence-corrected chi connectivity index (χ0v) is 8.42. The molecule has 2 heterocycles. The quantitative estimate of drug-likeness (QED) is 0.717. The fourth-order valence-electron chi connectivity index (χ4n) is 1.47. The summed E-state index contributed by atoms with van der Waals surface area (Å²) in [7, 11) is 1.81. The molecule has 1 amide bonds. The molecular weight excluding hydrogens is 196 g/mol. The number of hydrogen-bond donors (Lipinski definition) is 1. The van der Waals surface area contributed by atoms with Crippen LogP contribution in [0, 0.1) is 0 Å². The average molecular weight is 208 g/mol. The lowest BCUT2D eigenvalue weighted by Gasteiger charge is -2.07. The molecule has 0 atom stereocenters. The Labute approximate surface area is 86.8 Å². The minimum absolute atomic E-state index is 0.0738. The van der Waals surface area contributed by atoms with Gasteiger partial charge in [-0.1, -0.05) is 0 Å². The number of rotatable bonds is 3. The van der Waals surface area contributed by atoms with Crippen LogP contribution in [0.15, 0.2) is 17.5 Å². The number of β-amino-alcohol motifs (C(OH)–C–C–N with tert-alkyl or cyclic N) is 1. The molecule has 0 saturated carbocycles. The third kappa shape index (κ3) is 1.89. The van der Waals surface area contributed by atoms with Gasteiger partial charge in [0.1, 0.15) is 0 Å². The van der Waals surface area contributed by atoms with Gasteiger partial charge in [-0.2, -0.15) is 10.2 Å². The Morgan fingerprint density at radius 3 is 3.00 bits per heavy atom. The maximum Gasteiger partial charge on any atom is 0.248 e. The molecule has 1 N–H and O–H groups in total. The van der Waals surface area contributed by atoms with E-state index in [0.29, 0.717) is 5.71 Å². The minimum atomic E-state index is -0.0806. The Kier molecular flexibility index (Phi) is 2.51. The van der Waals surface area contributed by atoms with Crippen LogP contribution in [0.2, 0.25) is 0 Å². The van der Waals surface area contributed by atoms with E-state index in [1.165, 1.54) is 5.01 Å². The molecular formula is C9H12N4O2. The second-order valence-electron chi connectivity index (χ2n) is 3.37. The smallest absolute Gasteiger partial charge is 0.248 e. The number of hydrogen-bond acceptors (Lipinski definition) is 4. The Bertz CT molecular complexity index is 410. The molecule has 0 fully saturated rings. The van der Waals surface area contributed by atoms with Gasteiger partial charge >= 0.3 is 0 Å². The van der Waals surface area contributed by atoms with E-state index in [1.807, 2.05) is 13.2 Å². The van der Waals surface area contributed by atoms with Crippen molar-refractivity contribution >= 4 is 11.6 Å². The monoisotopic (exact) mass is 208 g/mol. The Balaban J connectivity index is 2.18. The van der Waals surface area contributed by atoms with Gasteiger partial charge < -0.3 is 5.11 Å². The van der Waals surface area contributed by atoms with Gasteiger partial charge in [0.2, 0.25) is 5.91 Å². The molecule has 0 aromatic carbocycles. The molecule has 2 rings (SSSR count). The van der Waals surface area contributed by atoms with E-state index in [4.69, 9.17) is 5.11 Å². The average Bonchev–Trinajstić information content (AvgIpc) is 2.75. The number of aliphatic hydroxyl groups is 1. The van der Waals surface area contributed by atoms with E-state index >= 15 is 0 Å². The van der Waals surface area contributed by atoms with Crippen LogP contribution in [0.1, 0.15) is 12.0 Å². The molecule has 15 heavy (non-hydrogen) atoms. The van der Waals surface area contributed by atoms with Crippen LogP contribution in [0.5, 0.6) is 0 Å². The van der Waals surface area contributed by atoms with E-state index in [1.54, 1.807) is 10.9 Å². The third-order valence-corrected chi connectivity index (χ3v) is 2.20. The molecule has 1 aliphatic rings. The lowest BCUT2D eigenvalue weighted by Crippen LogP contribution is -2.23. The molecule has 1 aromatic heterocycles. The van der Waals surface area contributed by atoms with Gasteiger partial charge in [-0.05, 0) is 0 Å². The highest BCUT2D eigenvalue weighted by molar-refractivity contribution is 6.13. The van der Waals surface area contributed by atoms with Gasteiger partial charge in [-0.25, -0.2) is 5.01 Å². The lowest BCUT2D eigenvalue weighted by molar-refractivity contribution is -0.129. The summed E-state index contributed by atoms with van der Waals surface area (Å²) in [5.74, 6) is -0.0806. The first-order valence-electron chi connectivity index (χ1n) is 4.68. The van der Waals surface area contributed by atoms with E-state index in [0.717, 1.165) is 5.56 Å². The van der Waals surface area contributed by atoms with Crippen molar-refractivity contribution in [1.29, 1.82) is 0 Å². The SMILES string of the molecule is Cn1cc(C2=NN(CCO)C(=O)C2)cn1. The summed E-state index contributed by atoms with van der Waals surface area (Å²) in [5, 5.41) is 18.2. The first-order valence-corrected chi connectivity index (χ1v) is 4.68. The van der Waals surface area contributed by atoms with Crippen molar-refractivity contribution in [3.8, 4) is 0 Å². The van der Waals surface area contributed by atoms with Crippen LogP contribution in [0.4, 0.5) is 0 Å². The summed E-state index contributed by atoms with van der Waals surface area (Å²) in [4.78, 5) is 11.4. The molecule has 0 unspecified atom stereocenters. The number of aromatic nitrogens is 2. The molecule has 0 bridgehead atoms. The Morgan fingerprint density at radius 1 is 1.60 bits per heavy atom. The van der Waals surface area contributed by atoms with Crippen molar-refractivity contribution in [1.82, 2.24) is 14.8 Å². The summed E-state index contributed by atoms with van der Waals surface area (Å²) in [5.41, 5.74) is 1.56. The number of hydrazone groups is 1. The second-order valence-corrected chi connectivity index (χ2v) is 3.37. The number of carbonyl (C=O) groups excluding carboxylic acids is 1. The third-order valence-electron chi connectivity index (χ3n) is 2.20. The van der Waals surface area contributed by atoms with Crippen molar-refractivity contribution in [3.63, 3.8) is 0 Å². The summed E-state index contributed by atoms with van der Waals surface area (Å²) in [6.45, 7) is 0.179. The van der Waals surface area contributed by atoms with Crippen molar-refractivity contribution in [2.45, 2.75) is 6.42 Å². The zero-order valence-electron chi connectivity index (χ0n) is 8.42. The molecule has 80 valence electrons. The van der Waals surface area contributed by atoms with Crippen molar-refractivity contribution in [2.75, 3.05) is 13.2 Å². The number of carbonyl (C=O) groups is 1. The fraction of sp³-hybridized carbons (Fsp3) is 0.444.